The number of rotatable bonds is 5. The zero-order chi connectivity index (χ0) is 15.9. The van der Waals surface area contributed by atoms with E-state index in [1.165, 1.54) is 18.6 Å². The van der Waals surface area contributed by atoms with E-state index in [-0.39, 0.29) is 23.9 Å². The number of ether oxygens (including phenoxy) is 1. The van der Waals surface area contributed by atoms with Crippen LogP contribution in [0.15, 0.2) is 24.3 Å². The van der Waals surface area contributed by atoms with Crippen LogP contribution in [0.5, 0.6) is 5.75 Å². The molecule has 1 saturated carbocycles. The highest BCUT2D eigenvalue weighted by Crippen LogP contribution is 2.20. The number of hydrogen-bond donors (Lipinski definition) is 2. The van der Waals surface area contributed by atoms with Gasteiger partial charge in [0.2, 0.25) is 0 Å². The average Bonchev–Trinajstić information content (AvgIpc) is 2.48. The van der Waals surface area contributed by atoms with Crippen molar-refractivity contribution in [3.63, 3.8) is 0 Å². The molecule has 1 fully saturated rings. The molecule has 1 unspecified atom stereocenters. The summed E-state index contributed by atoms with van der Waals surface area (Å²) >= 11 is 0. The Morgan fingerprint density at radius 1 is 1.18 bits per heavy atom. The maximum Gasteiger partial charge on any atom is 0.387 e. The second-order valence-corrected chi connectivity index (χ2v) is 5.62. The van der Waals surface area contributed by atoms with E-state index in [1.54, 1.807) is 12.1 Å². The minimum Gasteiger partial charge on any atom is -0.435 e. The number of amides is 2. The largest absolute Gasteiger partial charge is 0.435 e. The molecule has 1 aromatic carbocycles. The normalized spacial score (nSPS) is 17.1. The molecule has 1 atom stereocenters. The van der Waals surface area contributed by atoms with Gasteiger partial charge in [-0.05, 0) is 37.5 Å². The molecule has 2 N–H and O–H groups in total. The lowest BCUT2D eigenvalue weighted by Gasteiger charge is -2.24. The van der Waals surface area contributed by atoms with E-state index in [2.05, 4.69) is 15.4 Å². The van der Waals surface area contributed by atoms with Crippen LogP contribution < -0.4 is 15.4 Å². The Hall–Kier alpha value is -1.85. The summed E-state index contributed by atoms with van der Waals surface area (Å²) in [5, 5.41) is 5.85. The molecule has 0 bridgehead atoms. The molecule has 22 heavy (non-hydrogen) atoms. The molecule has 0 aliphatic heterocycles. The van der Waals surface area contributed by atoms with Crippen molar-refractivity contribution in [1.82, 2.24) is 10.6 Å². The Balaban J connectivity index is 1.82. The molecule has 1 aliphatic rings. The minimum atomic E-state index is -2.83. The molecule has 0 heterocycles. The molecule has 6 heteroatoms. The van der Waals surface area contributed by atoms with Crippen molar-refractivity contribution in [3.05, 3.63) is 29.8 Å². The van der Waals surface area contributed by atoms with Gasteiger partial charge >= 0.3 is 12.6 Å². The molecule has 2 amide bonds. The third-order valence-electron chi connectivity index (χ3n) is 3.89. The summed E-state index contributed by atoms with van der Waals surface area (Å²) in [6.45, 7) is -0.980. The van der Waals surface area contributed by atoms with Crippen LogP contribution in [0.2, 0.25) is 0 Å². The predicted molar refractivity (Wildman–Crippen MR) is 80.0 cm³/mol. The van der Waals surface area contributed by atoms with Crippen LogP contribution in [0.4, 0.5) is 13.6 Å². The van der Waals surface area contributed by atoms with Crippen LogP contribution in [0.25, 0.3) is 0 Å². The fraction of sp³-hybridized carbons (Fsp3) is 0.562. The van der Waals surface area contributed by atoms with E-state index in [0.29, 0.717) is 0 Å². The van der Waals surface area contributed by atoms with Crippen molar-refractivity contribution in [2.24, 2.45) is 0 Å². The number of halogens is 2. The lowest BCUT2D eigenvalue weighted by Crippen LogP contribution is -2.43. The Morgan fingerprint density at radius 2 is 1.82 bits per heavy atom. The number of alkyl halides is 2. The van der Waals surface area contributed by atoms with Crippen LogP contribution in [-0.2, 0) is 0 Å². The Morgan fingerprint density at radius 3 is 2.41 bits per heavy atom. The van der Waals surface area contributed by atoms with Gasteiger partial charge < -0.3 is 15.4 Å². The summed E-state index contributed by atoms with van der Waals surface area (Å²) in [6, 6.07) is 6.14. The van der Waals surface area contributed by atoms with Gasteiger partial charge in [-0.25, -0.2) is 4.79 Å². The fourth-order valence-corrected chi connectivity index (χ4v) is 2.69. The summed E-state index contributed by atoms with van der Waals surface area (Å²) in [4.78, 5) is 12.0. The highest BCUT2D eigenvalue weighted by Gasteiger charge is 2.17. The molecule has 0 saturated heterocycles. The van der Waals surface area contributed by atoms with Crippen LogP contribution >= 0.6 is 0 Å². The molecule has 0 aromatic heterocycles. The van der Waals surface area contributed by atoms with Crippen molar-refractivity contribution in [3.8, 4) is 5.75 Å². The van der Waals surface area contributed by atoms with Crippen LogP contribution in [0.3, 0.4) is 0 Å². The minimum absolute atomic E-state index is 0.109. The van der Waals surface area contributed by atoms with Crippen LogP contribution in [0, 0.1) is 0 Å². The van der Waals surface area contributed by atoms with E-state index in [1.807, 2.05) is 6.92 Å². The third-order valence-corrected chi connectivity index (χ3v) is 3.89. The van der Waals surface area contributed by atoms with Crippen molar-refractivity contribution >= 4 is 6.03 Å². The SMILES string of the molecule is CC(NC(=O)NC1CCCCC1)c1ccc(OC(F)F)cc1. The third kappa shape index (κ3) is 5.16. The maximum atomic E-state index is 12.1. The lowest BCUT2D eigenvalue weighted by molar-refractivity contribution is -0.0498. The van der Waals surface area contributed by atoms with E-state index >= 15 is 0 Å². The first-order valence-electron chi connectivity index (χ1n) is 7.66. The van der Waals surface area contributed by atoms with Crippen LogP contribution in [-0.4, -0.2) is 18.7 Å². The molecule has 1 aromatic rings. The van der Waals surface area contributed by atoms with Gasteiger partial charge in [-0.2, -0.15) is 8.78 Å². The summed E-state index contributed by atoms with van der Waals surface area (Å²) in [6.07, 6.45) is 5.62. The van der Waals surface area contributed by atoms with Gasteiger partial charge in [0.05, 0.1) is 6.04 Å². The van der Waals surface area contributed by atoms with E-state index in [4.69, 9.17) is 0 Å². The summed E-state index contributed by atoms with van der Waals surface area (Å²) in [7, 11) is 0. The number of carbonyl (C=O) groups is 1. The van der Waals surface area contributed by atoms with Gasteiger partial charge in [-0.1, -0.05) is 31.4 Å². The first-order chi connectivity index (χ1) is 10.5. The van der Waals surface area contributed by atoms with E-state index in [9.17, 15) is 13.6 Å². The Labute approximate surface area is 129 Å². The highest BCUT2D eigenvalue weighted by atomic mass is 19.3. The number of urea groups is 1. The Bertz CT molecular complexity index is 474. The Kier molecular flexibility index (Phi) is 5.98. The average molecular weight is 312 g/mol. The van der Waals surface area contributed by atoms with Gasteiger partial charge in [0.25, 0.3) is 0 Å². The van der Waals surface area contributed by atoms with Crippen LogP contribution in [0.1, 0.15) is 50.6 Å². The predicted octanol–water partition coefficient (Wildman–Crippen LogP) is 3.98. The standard InChI is InChI=1S/C16H22F2N2O2/c1-11(12-7-9-14(10-8-12)22-15(17)18)19-16(21)20-13-5-3-2-4-6-13/h7-11,13,15H,2-6H2,1H3,(H2,19,20,21). The number of benzene rings is 1. The van der Waals surface area contributed by atoms with Crippen molar-refractivity contribution in [1.29, 1.82) is 0 Å². The molecule has 0 spiro atoms. The number of nitrogens with one attached hydrogen (secondary N) is 2. The van der Waals surface area contributed by atoms with Gasteiger partial charge in [0, 0.05) is 6.04 Å². The summed E-state index contributed by atoms with van der Waals surface area (Å²) in [5.41, 5.74) is 0.834. The zero-order valence-electron chi connectivity index (χ0n) is 12.6. The van der Waals surface area contributed by atoms with E-state index in [0.717, 1.165) is 31.2 Å². The number of carbonyl (C=O) groups excluding carboxylic acids is 1. The van der Waals surface area contributed by atoms with Gasteiger partial charge in [-0.15, -0.1) is 0 Å². The fourth-order valence-electron chi connectivity index (χ4n) is 2.69. The first kappa shape index (κ1) is 16.5. The van der Waals surface area contributed by atoms with Crippen molar-refractivity contribution in [2.75, 3.05) is 0 Å². The molecule has 1 aliphatic carbocycles. The van der Waals surface area contributed by atoms with Crippen molar-refractivity contribution < 1.29 is 18.3 Å². The van der Waals surface area contributed by atoms with Gasteiger partial charge in [0.15, 0.2) is 0 Å². The second-order valence-electron chi connectivity index (χ2n) is 5.62. The first-order valence-corrected chi connectivity index (χ1v) is 7.66. The topological polar surface area (TPSA) is 50.4 Å². The van der Waals surface area contributed by atoms with Gasteiger partial charge in [-0.3, -0.25) is 0 Å². The van der Waals surface area contributed by atoms with Gasteiger partial charge in [0.1, 0.15) is 5.75 Å². The molecule has 2 rings (SSSR count). The molecular formula is C16H22F2N2O2. The monoisotopic (exact) mass is 312 g/mol. The number of hydrogen-bond acceptors (Lipinski definition) is 2. The summed E-state index contributed by atoms with van der Waals surface area (Å²) < 4.78 is 28.5. The quantitative estimate of drug-likeness (QED) is 0.864. The molecular weight excluding hydrogens is 290 g/mol. The smallest absolute Gasteiger partial charge is 0.387 e. The lowest BCUT2D eigenvalue weighted by atomic mass is 9.96. The zero-order valence-corrected chi connectivity index (χ0v) is 12.6. The second kappa shape index (κ2) is 7.96. The maximum absolute atomic E-state index is 12.1. The molecule has 122 valence electrons. The molecule has 4 nitrogen and oxygen atoms in total. The highest BCUT2D eigenvalue weighted by molar-refractivity contribution is 5.74. The van der Waals surface area contributed by atoms with Crippen molar-refractivity contribution in [2.45, 2.75) is 57.7 Å². The molecule has 0 radical (unpaired) electrons. The summed E-state index contributed by atoms with van der Waals surface area (Å²) in [5.74, 6) is 0.109. The van der Waals surface area contributed by atoms with E-state index < -0.39 is 6.61 Å².